The zero-order valence-electron chi connectivity index (χ0n) is 17.7. The fraction of sp³-hybridized carbons (Fsp3) is 0.565. The topological polar surface area (TPSA) is 41.5 Å². The van der Waals surface area contributed by atoms with Crippen LogP contribution >= 0.6 is 23.2 Å². The number of rotatable bonds is 4. The standard InChI is InChI=1S/C23H27Cl2FN4O/c1-31-20-3-2-16(26)10-18(20)15-5-8-29(9-6-15)17-4-7-23(12-17)13-30(14-23)19-11-21(24)27-28-22(19)25/h2-3,10-11,15,17H,4-9,12-14H2,1H3/t17-/m1/s1. The van der Waals surface area contributed by atoms with E-state index in [1.807, 2.05) is 6.07 Å². The van der Waals surface area contributed by atoms with E-state index in [0.29, 0.717) is 27.7 Å². The first-order chi connectivity index (χ1) is 15.0. The number of piperidine rings is 1. The van der Waals surface area contributed by atoms with Crippen molar-refractivity contribution in [3.63, 3.8) is 0 Å². The number of anilines is 1. The third-order valence-corrected chi connectivity index (χ3v) is 7.90. The molecule has 31 heavy (non-hydrogen) atoms. The first kappa shape index (κ1) is 21.2. The van der Waals surface area contributed by atoms with Gasteiger partial charge >= 0.3 is 0 Å². The summed E-state index contributed by atoms with van der Waals surface area (Å²) in [5.74, 6) is 0.984. The Labute approximate surface area is 192 Å². The maximum atomic E-state index is 13.8. The van der Waals surface area contributed by atoms with Gasteiger partial charge < -0.3 is 14.5 Å². The summed E-state index contributed by atoms with van der Waals surface area (Å²) >= 11 is 12.2. The van der Waals surface area contributed by atoms with Gasteiger partial charge in [0, 0.05) is 36.2 Å². The van der Waals surface area contributed by atoms with Crippen LogP contribution in [-0.4, -0.2) is 54.4 Å². The first-order valence-corrected chi connectivity index (χ1v) is 11.7. The van der Waals surface area contributed by atoms with Gasteiger partial charge in [-0.2, -0.15) is 0 Å². The number of halogens is 3. The van der Waals surface area contributed by atoms with Crippen molar-refractivity contribution < 1.29 is 9.13 Å². The number of benzene rings is 1. The van der Waals surface area contributed by atoms with Crippen molar-refractivity contribution in [2.24, 2.45) is 5.41 Å². The minimum atomic E-state index is -0.184. The third-order valence-electron chi connectivity index (χ3n) is 7.45. The summed E-state index contributed by atoms with van der Waals surface area (Å²) in [6.07, 6.45) is 5.81. The van der Waals surface area contributed by atoms with Crippen LogP contribution in [0.5, 0.6) is 5.75 Å². The lowest BCUT2D eigenvalue weighted by molar-refractivity contribution is 0.131. The number of hydrogen-bond donors (Lipinski definition) is 0. The average molecular weight is 465 g/mol. The lowest BCUT2D eigenvalue weighted by atomic mass is 9.77. The van der Waals surface area contributed by atoms with Crippen molar-refractivity contribution in [1.82, 2.24) is 15.1 Å². The van der Waals surface area contributed by atoms with Gasteiger partial charge in [-0.05, 0) is 69.3 Å². The fourth-order valence-corrected chi connectivity index (χ4v) is 6.23. The van der Waals surface area contributed by atoms with Crippen LogP contribution in [0.25, 0.3) is 0 Å². The number of likely N-dealkylation sites (tertiary alicyclic amines) is 1. The molecular weight excluding hydrogens is 438 g/mol. The Hall–Kier alpha value is -1.63. The van der Waals surface area contributed by atoms with Gasteiger partial charge in [0.2, 0.25) is 0 Å². The Morgan fingerprint density at radius 3 is 2.61 bits per heavy atom. The second kappa shape index (κ2) is 8.38. The molecule has 166 valence electrons. The van der Waals surface area contributed by atoms with Crippen LogP contribution in [0.2, 0.25) is 10.3 Å². The van der Waals surface area contributed by atoms with Crippen LogP contribution in [-0.2, 0) is 0 Å². The number of nitrogens with zero attached hydrogens (tertiary/aromatic N) is 4. The Morgan fingerprint density at radius 2 is 1.87 bits per heavy atom. The van der Waals surface area contributed by atoms with E-state index in [9.17, 15) is 4.39 Å². The summed E-state index contributed by atoms with van der Waals surface area (Å²) in [4.78, 5) is 4.92. The smallest absolute Gasteiger partial charge is 0.175 e. The summed E-state index contributed by atoms with van der Waals surface area (Å²) in [5, 5.41) is 8.54. The molecule has 3 aliphatic rings. The van der Waals surface area contributed by atoms with E-state index in [2.05, 4.69) is 20.0 Å². The van der Waals surface area contributed by atoms with Crippen molar-refractivity contribution in [2.75, 3.05) is 38.2 Å². The number of ether oxygens (including phenoxy) is 1. The van der Waals surface area contributed by atoms with Crippen LogP contribution in [0.15, 0.2) is 24.3 Å². The van der Waals surface area contributed by atoms with Crippen LogP contribution in [0, 0.1) is 11.2 Å². The summed E-state index contributed by atoms with van der Waals surface area (Å²) < 4.78 is 19.3. The lowest BCUT2D eigenvalue weighted by Gasteiger charge is -2.50. The Morgan fingerprint density at radius 1 is 1.10 bits per heavy atom. The predicted octanol–water partition coefficient (Wildman–Crippen LogP) is 5.17. The molecule has 0 bridgehead atoms. The van der Waals surface area contributed by atoms with E-state index < -0.39 is 0 Å². The second-order valence-corrected chi connectivity index (χ2v) is 10.0. The summed E-state index contributed by atoms with van der Waals surface area (Å²) in [6, 6.07) is 7.31. The van der Waals surface area contributed by atoms with Gasteiger partial charge in [-0.3, -0.25) is 0 Å². The van der Waals surface area contributed by atoms with E-state index in [4.69, 9.17) is 27.9 Å². The summed E-state index contributed by atoms with van der Waals surface area (Å²) in [6.45, 7) is 4.12. The normalized spacial score (nSPS) is 23.9. The molecule has 0 unspecified atom stereocenters. The van der Waals surface area contributed by atoms with Crippen LogP contribution in [0.4, 0.5) is 10.1 Å². The first-order valence-electron chi connectivity index (χ1n) is 11.0. The van der Waals surface area contributed by atoms with Crippen LogP contribution < -0.4 is 9.64 Å². The zero-order valence-corrected chi connectivity index (χ0v) is 19.2. The zero-order chi connectivity index (χ0) is 21.6. The summed E-state index contributed by atoms with van der Waals surface area (Å²) in [5.41, 5.74) is 2.27. The molecule has 1 aliphatic carbocycles. The van der Waals surface area contributed by atoms with Gasteiger partial charge in [0.1, 0.15) is 11.6 Å². The van der Waals surface area contributed by atoms with Crippen molar-refractivity contribution in [1.29, 1.82) is 0 Å². The van der Waals surface area contributed by atoms with Crippen molar-refractivity contribution in [3.05, 3.63) is 46.0 Å². The van der Waals surface area contributed by atoms with Gasteiger partial charge in [0.05, 0.1) is 12.8 Å². The van der Waals surface area contributed by atoms with E-state index in [1.54, 1.807) is 19.2 Å². The molecule has 5 nitrogen and oxygen atoms in total. The number of methoxy groups -OCH3 is 1. The molecule has 0 radical (unpaired) electrons. The number of hydrogen-bond acceptors (Lipinski definition) is 5. The monoisotopic (exact) mass is 464 g/mol. The highest BCUT2D eigenvalue weighted by molar-refractivity contribution is 6.33. The highest BCUT2D eigenvalue weighted by Crippen LogP contribution is 2.50. The van der Waals surface area contributed by atoms with Gasteiger partial charge in [0.25, 0.3) is 0 Å². The molecule has 3 heterocycles. The van der Waals surface area contributed by atoms with Crippen molar-refractivity contribution in [3.8, 4) is 5.75 Å². The average Bonchev–Trinajstić information content (AvgIpc) is 3.20. The van der Waals surface area contributed by atoms with Gasteiger partial charge in [0.15, 0.2) is 10.3 Å². The molecule has 5 rings (SSSR count). The van der Waals surface area contributed by atoms with Gasteiger partial charge in [-0.1, -0.05) is 23.2 Å². The maximum absolute atomic E-state index is 13.8. The molecule has 2 aliphatic heterocycles. The minimum absolute atomic E-state index is 0.184. The molecule has 2 saturated heterocycles. The predicted molar refractivity (Wildman–Crippen MR) is 121 cm³/mol. The van der Waals surface area contributed by atoms with E-state index in [0.717, 1.165) is 56.0 Å². The van der Waals surface area contributed by atoms with Crippen molar-refractivity contribution >= 4 is 28.9 Å². The molecular formula is C23H27Cl2FN4O. The quantitative estimate of drug-likeness (QED) is 0.623. The molecule has 1 aromatic heterocycles. The van der Waals surface area contributed by atoms with Crippen molar-refractivity contribution in [2.45, 2.75) is 44.1 Å². The molecule has 1 atom stereocenters. The van der Waals surface area contributed by atoms with Gasteiger partial charge in [-0.15, -0.1) is 10.2 Å². The Bertz CT molecular complexity index is 961. The molecule has 0 N–H and O–H groups in total. The minimum Gasteiger partial charge on any atom is -0.496 e. The largest absolute Gasteiger partial charge is 0.496 e. The van der Waals surface area contributed by atoms with Crippen LogP contribution in [0.1, 0.15) is 43.6 Å². The second-order valence-electron chi connectivity index (χ2n) is 9.29. The molecule has 2 aromatic rings. The fourth-order valence-electron chi connectivity index (χ4n) is 5.88. The van der Waals surface area contributed by atoms with Crippen LogP contribution in [0.3, 0.4) is 0 Å². The molecule has 0 amide bonds. The van der Waals surface area contributed by atoms with E-state index >= 15 is 0 Å². The molecule has 8 heteroatoms. The maximum Gasteiger partial charge on any atom is 0.175 e. The van der Waals surface area contributed by atoms with E-state index in [1.165, 1.54) is 25.3 Å². The Balaban J connectivity index is 1.17. The SMILES string of the molecule is COc1ccc(F)cc1C1CCN([C@@H]2CCC3(C2)CN(c2cc(Cl)nnc2Cl)C3)CC1. The van der Waals surface area contributed by atoms with Gasteiger partial charge in [-0.25, -0.2) is 4.39 Å². The highest BCUT2D eigenvalue weighted by atomic mass is 35.5. The molecule has 1 saturated carbocycles. The molecule has 1 aromatic carbocycles. The highest BCUT2D eigenvalue weighted by Gasteiger charge is 2.50. The number of aromatic nitrogens is 2. The molecule has 1 spiro atoms. The third kappa shape index (κ3) is 4.10. The van der Waals surface area contributed by atoms with E-state index in [-0.39, 0.29) is 5.82 Å². The molecule has 3 fully saturated rings. The Kier molecular flexibility index (Phi) is 5.74. The summed E-state index contributed by atoms with van der Waals surface area (Å²) in [7, 11) is 1.66. The lowest BCUT2D eigenvalue weighted by Crippen LogP contribution is -2.56.